The molecular formula is C14H16N4OS2. The number of aromatic nitrogens is 2. The van der Waals surface area contributed by atoms with E-state index in [9.17, 15) is 4.79 Å². The number of thiocarbonyl (C=S) groups is 1. The SMILES string of the molecule is CC(C)c1nnsc1C(=O)N(C)c1ccc(C(N)=S)cc1. The van der Waals surface area contributed by atoms with Crippen LogP contribution in [0.5, 0.6) is 0 Å². The molecule has 0 aliphatic heterocycles. The van der Waals surface area contributed by atoms with Gasteiger partial charge in [-0.1, -0.05) is 30.6 Å². The minimum absolute atomic E-state index is 0.114. The number of carbonyl (C=O) groups excluding carboxylic acids is 1. The van der Waals surface area contributed by atoms with Crippen molar-refractivity contribution < 1.29 is 4.79 Å². The summed E-state index contributed by atoms with van der Waals surface area (Å²) in [7, 11) is 1.72. The van der Waals surface area contributed by atoms with Gasteiger partial charge in [-0.05, 0) is 41.7 Å². The maximum absolute atomic E-state index is 12.6. The van der Waals surface area contributed by atoms with E-state index in [0.29, 0.717) is 9.87 Å². The molecule has 1 aromatic heterocycles. The number of carbonyl (C=O) groups is 1. The molecule has 7 heteroatoms. The summed E-state index contributed by atoms with van der Waals surface area (Å²) in [4.78, 5) is 15.0. The smallest absolute Gasteiger partial charge is 0.271 e. The molecule has 1 heterocycles. The standard InChI is InChI=1S/C14H16N4OS2/c1-8(2)11-12(21-17-16-11)14(19)18(3)10-6-4-9(5-7-10)13(15)20/h4-8H,1-3H3,(H2,15,20). The van der Waals surface area contributed by atoms with Gasteiger partial charge in [0.1, 0.15) is 9.87 Å². The Morgan fingerprint density at radius 3 is 2.48 bits per heavy atom. The summed E-state index contributed by atoms with van der Waals surface area (Å²) in [6.45, 7) is 3.98. The second kappa shape index (κ2) is 6.28. The summed E-state index contributed by atoms with van der Waals surface area (Å²) >= 11 is 6.04. The van der Waals surface area contributed by atoms with E-state index in [2.05, 4.69) is 9.59 Å². The van der Waals surface area contributed by atoms with Crippen LogP contribution in [0.3, 0.4) is 0 Å². The molecule has 0 aliphatic rings. The fraction of sp³-hybridized carbons (Fsp3) is 0.286. The molecule has 2 rings (SSSR count). The predicted octanol–water partition coefficient (Wildman–Crippen LogP) is 2.57. The Labute approximate surface area is 132 Å². The molecule has 0 aliphatic carbocycles. The highest BCUT2D eigenvalue weighted by Crippen LogP contribution is 2.23. The predicted molar refractivity (Wildman–Crippen MR) is 89.1 cm³/mol. The third kappa shape index (κ3) is 3.25. The highest BCUT2D eigenvalue weighted by Gasteiger charge is 2.22. The molecule has 0 fully saturated rings. The lowest BCUT2D eigenvalue weighted by Gasteiger charge is -2.17. The fourth-order valence-corrected chi connectivity index (χ4v) is 2.77. The van der Waals surface area contributed by atoms with Crippen molar-refractivity contribution in [2.24, 2.45) is 5.73 Å². The van der Waals surface area contributed by atoms with Gasteiger partial charge in [-0.25, -0.2) is 0 Å². The zero-order valence-electron chi connectivity index (χ0n) is 12.0. The van der Waals surface area contributed by atoms with Gasteiger partial charge in [-0.3, -0.25) is 4.79 Å². The summed E-state index contributed by atoms with van der Waals surface area (Å²) in [6, 6.07) is 7.23. The highest BCUT2D eigenvalue weighted by molar-refractivity contribution is 7.80. The Hall–Kier alpha value is -1.86. The maximum Gasteiger partial charge on any atom is 0.271 e. The number of nitrogens with two attached hydrogens (primary N) is 1. The van der Waals surface area contributed by atoms with Crippen molar-refractivity contribution in [3.63, 3.8) is 0 Å². The number of rotatable bonds is 4. The van der Waals surface area contributed by atoms with Crippen LogP contribution in [0.2, 0.25) is 0 Å². The van der Waals surface area contributed by atoms with Crippen LogP contribution in [0.4, 0.5) is 5.69 Å². The lowest BCUT2D eigenvalue weighted by atomic mass is 10.1. The second-order valence-corrected chi connectivity index (χ2v) is 6.11. The maximum atomic E-state index is 12.6. The van der Waals surface area contributed by atoms with Crippen LogP contribution in [0.1, 0.15) is 40.7 Å². The third-order valence-corrected chi connectivity index (χ3v) is 4.06. The van der Waals surface area contributed by atoms with Crippen molar-refractivity contribution >= 4 is 40.3 Å². The molecule has 0 saturated carbocycles. The van der Waals surface area contributed by atoms with Gasteiger partial charge >= 0.3 is 0 Å². The molecule has 2 aromatic rings. The van der Waals surface area contributed by atoms with Gasteiger partial charge in [0.05, 0.1) is 5.69 Å². The molecule has 1 aromatic carbocycles. The first-order valence-corrected chi connectivity index (χ1v) is 7.60. The Bertz CT molecular complexity index is 664. The molecule has 21 heavy (non-hydrogen) atoms. The van der Waals surface area contributed by atoms with Crippen molar-refractivity contribution in [1.82, 2.24) is 9.59 Å². The number of benzene rings is 1. The zero-order chi connectivity index (χ0) is 15.6. The second-order valence-electron chi connectivity index (χ2n) is 4.92. The average Bonchev–Trinajstić information content (AvgIpc) is 2.95. The Balaban J connectivity index is 2.26. The molecule has 2 N–H and O–H groups in total. The van der Waals surface area contributed by atoms with Crippen LogP contribution in [-0.2, 0) is 0 Å². The van der Waals surface area contributed by atoms with E-state index in [4.69, 9.17) is 18.0 Å². The van der Waals surface area contributed by atoms with Crippen molar-refractivity contribution in [3.8, 4) is 0 Å². The van der Waals surface area contributed by atoms with Gasteiger partial charge in [0, 0.05) is 18.3 Å². The summed E-state index contributed by atoms with van der Waals surface area (Å²) in [5.41, 5.74) is 7.84. The minimum atomic E-state index is -0.114. The number of nitrogens with zero attached hydrogens (tertiary/aromatic N) is 3. The largest absolute Gasteiger partial charge is 0.389 e. The number of hydrogen-bond donors (Lipinski definition) is 1. The minimum Gasteiger partial charge on any atom is -0.389 e. The quantitative estimate of drug-likeness (QED) is 0.877. The van der Waals surface area contributed by atoms with Gasteiger partial charge < -0.3 is 10.6 Å². The van der Waals surface area contributed by atoms with Gasteiger partial charge in [-0.2, -0.15) is 0 Å². The van der Waals surface area contributed by atoms with E-state index < -0.39 is 0 Å². The van der Waals surface area contributed by atoms with Crippen LogP contribution in [-0.4, -0.2) is 27.5 Å². The molecule has 0 bridgehead atoms. The van der Waals surface area contributed by atoms with Gasteiger partial charge in [0.25, 0.3) is 5.91 Å². The van der Waals surface area contributed by atoms with Crippen LogP contribution >= 0.6 is 23.8 Å². The topological polar surface area (TPSA) is 72.1 Å². The van der Waals surface area contributed by atoms with Crippen molar-refractivity contribution in [1.29, 1.82) is 0 Å². The van der Waals surface area contributed by atoms with Crippen molar-refractivity contribution in [2.45, 2.75) is 19.8 Å². The average molecular weight is 320 g/mol. The number of anilines is 1. The molecule has 0 saturated heterocycles. The summed E-state index contributed by atoms with van der Waals surface area (Å²) in [6.07, 6.45) is 0. The lowest BCUT2D eigenvalue weighted by Crippen LogP contribution is -2.26. The first-order valence-electron chi connectivity index (χ1n) is 6.42. The van der Waals surface area contributed by atoms with Crippen LogP contribution in [0, 0.1) is 0 Å². The van der Waals surface area contributed by atoms with Gasteiger partial charge in [-0.15, -0.1) is 5.10 Å². The number of hydrogen-bond acceptors (Lipinski definition) is 5. The first-order chi connectivity index (χ1) is 9.91. The number of amides is 1. The Morgan fingerprint density at radius 2 is 1.95 bits per heavy atom. The van der Waals surface area contributed by atoms with Crippen LogP contribution in [0.25, 0.3) is 0 Å². The van der Waals surface area contributed by atoms with E-state index in [1.165, 1.54) is 0 Å². The molecule has 0 unspecified atom stereocenters. The monoisotopic (exact) mass is 320 g/mol. The van der Waals surface area contributed by atoms with E-state index in [-0.39, 0.29) is 11.8 Å². The Kier molecular flexibility index (Phi) is 4.64. The molecule has 0 radical (unpaired) electrons. The normalized spacial score (nSPS) is 10.7. The molecular weight excluding hydrogens is 304 g/mol. The van der Waals surface area contributed by atoms with Crippen molar-refractivity contribution in [3.05, 3.63) is 40.4 Å². The summed E-state index contributed by atoms with van der Waals surface area (Å²) in [5, 5.41) is 4.04. The van der Waals surface area contributed by atoms with E-state index in [1.54, 1.807) is 24.1 Å². The fourth-order valence-electron chi connectivity index (χ4n) is 1.84. The van der Waals surface area contributed by atoms with Gasteiger partial charge in [0.15, 0.2) is 0 Å². The first kappa shape index (κ1) is 15.5. The van der Waals surface area contributed by atoms with E-state index in [0.717, 1.165) is 28.5 Å². The molecule has 110 valence electrons. The third-order valence-electron chi connectivity index (χ3n) is 3.10. The molecule has 1 amide bonds. The lowest BCUT2D eigenvalue weighted by molar-refractivity contribution is 0.0995. The van der Waals surface area contributed by atoms with E-state index in [1.807, 2.05) is 26.0 Å². The summed E-state index contributed by atoms with van der Waals surface area (Å²) < 4.78 is 3.89. The van der Waals surface area contributed by atoms with E-state index >= 15 is 0 Å². The Morgan fingerprint density at radius 1 is 1.33 bits per heavy atom. The van der Waals surface area contributed by atoms with Crippen LogP contribution in [0.15, 0.2) is 24.3 Å². The van der Waals surface area contributed by atoms with Crippen LogP contribution < -0.4 is 10.6 Å². The summed E-state index contributed by atoms with van der Waals surface area (Å²) in [5.74, 6) is 0.0462. The molecule has 5 nitrogen and oxygen atoms in total. The molecule has 0 spiro atoms. The van der Waals surface area contributed by atoms with Gasteiger partial charge in [0.2, 0.25) is 0 Å². The zero-order valence-corrected chi connectivity index (χ0v) is 13.7. The highest BCUT2D eigenvalue weighted by atomic mass is 32.1. The molecule has 0 atom stereocenters. The van der Waals surface area contributed by atoms with Crippen molar-refractivity contribution in [2.75, 3.05) is 11.9 Å².